The van der Waals surface area contributed by atoms with E-state index in [4.69, 9.17) is 16.3 Å². The number of hydrogen-bond acceptors (Lipinski definition) is 4. The second-order valence-electron chi connectivity index (χ2n) is 6.04. The number of rotatable bonds is 4. The number of amides is 1. The molecule has 0 fully saturated rings. The molecular formula is C19H16BrClN4O2. The van der Waals surface area contributed by atoms with Gasteiger partial charge in [-0.1, -0.05) is 17.7 Å². The second-order valence-corrected chi connectivity index (χ2v) is 7.30. The summed E-state index contributed by atoms with van der Waals surface area (Å²) in [5.41, 5.74) is 4.54. The van der Waals surface area contributed by atoms with Gasteiger partial charge in [-0.05, 0) is 34.1 Å². The maximum Gasteiger partial charge on any atom is 0.255 e. The molecule has 8 heteroatoms. The van der Waals surface area contributed by atoms with Crippen LogP contribution in [0.4, 0.5) is 11.4 Å². The van der Waals surface area contributed by atoms with Crippen molar-refractivity contribution in [3.8, 4) is 17.0 Å². The van der Waals surface area contributed by atoms with Crippen molar-refractivity contribution >= 4 is 44.8 Å². The lowest BCUT2D eigenvalue weighted by molar-refractivity contribution is 0.0947. The minimum absolute atomic E-state index is 0.118. The summed E-state index contributed by atoms with van der Waals surface area (Å²) in [5.74, 6) is 0.400. The molecule has 0 spiro atoms. The topological polar surface area (TPSA) is 79.0 Å². The summed E-state index contributed by atoms with van der Waals surface area (Å²) in [4.78, 5) is 20.1. The summed E-state index contributed by atoms with van der Waals surface area (Å²) in [6.07, 6.45) is 4.16. The summed E-state index contributed by atoms with van der Waals surface area (Å²) >= 11 is 9.80. The van der Waals surface area contributed by atoms with Crippen molar-refractivity contribution in [2.75, 3.05) is 19.0 Å². The molecular weight excluding hydrogens is 432 g/mol. The Hall–Kier alpha value is -2.51. The molecule has 1 amide bonds. The van der Waals surface area contributed by atoms with Gasteiger partial charge in [-0.2, -0.15) is 0 Å². The molecule has 0 bridgehead atoms. The molecule has 0 aliphatic carbocycles. The second kappa shape index (κ2) is 7.25. The highest BCUT2D eigenvalue weighted by atomic mass is 79.9. The molecule has 138 valence electrons. The Labute approximate surface area is 169 Å². The van der Waals surface area contributed by atoms with Crippen molar-refractivity contribution in [1.29, 1.82) is 0 Å². The molecule has 0 radical (unpaired) electrons. The molecule has 1 aliphatic heterocycles. The number of H-pyrrole nitrogens is 1. The lowest BCUT2D eigenvalue weighted by Gasteiger charge is -2.17. The zero-order chi connectivity index (χ0) is 19.0. The van der Waals surface area contributed by atoms with Crippen molar-refractivity contribution < 1.29 is 9.53 Å². The number of halogens is 2. The van der Waals surface area contributed by atoms with E-state index < -0.39 is 0 Å². The first-order chi connectivity index (χ1) is 13.1. The van der Waals surface area contributed by atoms with Crippen LogP contribution in [0.1, 0.15) is 16.1 Å². The van der Waals surface area contributed by atoms with Crippen LogP contribution in [0, 0.1) is 0 Å². The van der Waals surface area contributed by atoms with E-state index in [0.29, 0.717) is 34.3 Å². The van der Waals surface area contributed by atoms with Crippen molar-refractivity contribution in [2.24, 2.45) is 0 Å². The number of nitrogens with zero attached hydrogens (tertiary/aromatic N) is 1. The van der Waals surface area contributed by atoms with Crippen LogP contribution in [-0.4, -0.2) is 29.5 Å². The lowest BCUT2D eigenvalue weighted by atomic mass is 10.1. The third-order valence-electron chi connectivity index (χ3n) is 4.44. The molecule has 3 N–H and O–H groups in total. The fourth-order valence-electron chi connectivity index (χ4n) is 3.23. The summed E-state index contributed by atoms with van der Waals surface area (Å²) < 4.78 is 6.26. The number of aromatic amines is 1. The van der Waals surface area contributed by atoms with Crippen LogP contribution < -0.4 is 15.4 Å². The first-order valence-electron chi connectivity index (χ1n) is 8.32. The monoisotopic (exact) mass is 446 g/mol. The molecule has 0 unspecified atom stereocenters. The fraction of sp³-hybridized carbons (Fsp3) is 0.158. The number of hydrogen-bond donors (Lipinski definition) is 3. The minimum atomic E-state index is -0.118. The molecule has 4 rings (SSSR count). The molecule has 27 heavy (non-hydrogen) atoms. The highest BCUT2D eigenvalue weighted by Gasteiger charge is 2.28. The van der Waals surface area contributed by atoms with Gasteiger partial charge in [-0.3, -0.25) is 9.78 Å². The van der Waals surface area contributed by atoms with E-state index in [0.717, 1.165) is 27.8 Å². The van der Waals surface area contributed by atoms with Gasteiger partial charge in [0.05, 0.1) is 34.8 Å². The average molecular weight is 448 g/mol. The number of anilines is 2. The molecule has 3 heterocycles. The number of carbonyl (C=O) groups excluding carboxylic acids is 1. The van der Waals surface area contributed by atoms with Gasteiger partial charge in [0.2, 0.25) is 0 Å². The lowest BCUT2D eigenvalue weighted by Crippen LogP contribution is -2.31. The Bertz CT molecular complexity index is 1030. The maximum atomic E-state index is 12.6. The Morgan fingerprint density at radius 2 is 2.19 bits per heavy atom. The number of ether oxygens (including phenoxy) is 1. The SMILES string of the molecule is COc1c(Cl)cccc1Nc1c(-c2ccncc2Br)[nH]c2c1C(=O)NCC2. The highest BCUT2D eigenvalue weighted by molar-refractivity contribution is 9.10. The van der Waals surface area contributed by atoms with Crippen molar-refractivity contribution in [3.05, 3.63) is 57.4 Å². The zero-order valence-electron chi connectivity index (χ0n) is 14.4. The van der Waals surface area contributed by atoms with Gasteiger partial charge in [0.25, 0.3) is 5.91 Å². The van der Waals surface area contributed by atoms with Gasteiger partial charge in [0, 0.05) is 41.1 Å². The number of benzene rings is 1. The molecule has 2 aromatic heterocycles. The van der Waals surface area contributed by atoms with Crippen LogP contribution in [0.3, 0.4) is 0 Å². The largest absolute Gasteiger partial charge is 0.493 e. The van der Waals surface area contributed by atoms with Gasteiger partial charge in [-0.25, -0.2) is 0 Å². The predicted molar refractivity (Wildman–Crippen MR) is 109 cm³/mol. The zero-order valence-corrected chi connectivity index (χ0v) is 16.7. The van der Waals surface area contributed by atoms with E-state index in [1.807, 2.05) is 18.2 Å². The third kappa shape index (κ3) is 3.17. The van der Waals surface area contributed by atoms with E-state index in [2.05, 4.69) is 36.5 Å². The van der Waals surface area contributed by atoms with Crippen LogP contribution in [0.25, 0.3) is 11.3 Å². The molecule has 0 atom stereocenters. The molecule has 0 saturated heterocycles. The van der Waals surface area contributed by atoms with Gasteiger partial charge < -0.3 is 20.4 Å². The number of aromatic nitrogens is 2. The maximum absolute atomic E-state index is 12.6. The molecule has 1 aliphatic rings. The minimum Gasteiger partial charge on any atom is -0.493 e. The summed E-state index contributed by atoms with van der Waals surface area (Å²) in [5, 5.41) is 6.75. The van der Waals surface area contributed by atoms with E-state index in [1.165, 1.54) is 0 Å². The fourth-order valence-corrected chi connectivity index (χ4v) is 3.93. The van der Waals surface area contributed by atoms with E-state index in [9.17, 15) is 4.79 Å². The summed E-state index contributed by atoms with van der Waals surface area (Å²) in [7, 11) is 1.56. The van der Waals surface area contributed by atoms with Gasteiger partial charge in [0.15, 0.2) is 5.75 Å². The Morgan fingerprint density at radius 1 is 1.33 bits per heavy atom. The van der Waals surface area contributed by atoms with E-state index in [-0.39, 0.29) is 5.91 Å². The number of fused-ring (bicyclic) bond motifs is 1. The van der Waals surface area contributed by atoms with Crippen LogP contribution in [-0.2, 0) is 6.42 Å². The predicted octanol–water partition coefficient (Wildman–Crippen LogP) is 4.53. The van der Waals surface area contributed by atoms with Crippen molar-refractivity contribution in [1.82, 2.24) is 15.3 Å². The van der Waals surface area contributed by atoms with Crippen molar-refractivity contribution in [2.45, 2.75) is 6.42 Å². The molecule has 1 aromatic carbocycles. The number of methoxy groups -OCH3 is 1. The molecule has 0 saturated carbocycles. The quantitative estimate of drug-likeness (QED) is 0.549. The number of pyridine rings is 1. The van der Waals surface area contributed by atoms with Gasteiger partial charge in [0.1, 0.15) is 0 Å². The van der Waals surface area contributed by atoms with E-state index in [1.54, 1.807) is 25.6 Å². The Balaban J connectivity index is 1.91. The summed E-state index contributed by atoms with van der Waals surface area (Å²) in [6, 6.07) is 7.33. The first kappa shape index (κ1) is 17.9. The molecule has 3 aromatic rings. The molecule has 6 nitrogen and oxygen atoms in total. The van der Waals surface area contributed by atoms with Crippen LogP contribution in [0.2, 0.25) is 5.02 Å². The van der Waals surface area contributed by atoms with Gasteiger partial charge in [-0.15, -0.1) is 0 Å². The summed E-state index contributed by atoms with van der Waals surface area (Å²) in [6.45, 7) is 0.600. The van der Waals surface area contributed by atoms with E-state index >= 15 is 0 Å². The Kier molecular flexibility index (Phi) is 4.80. The van der Waals surface area contributed by atoms with Crippen LogP contribution >= 0.6 is 27.5 Å². The first-order valence-corrected chi connectivity index (χ1v) is 9.49. The Morgan fingerprint density at radius 3 is 2.96 bits per heavy atom. The average Bonchev–Trinajstić information content (AvgIpc) is 3.02. The highest BCUT2D eigenvalue weighted by Crippen LogP contribution is 2.42. The van der Waals surface area contributed by atoms with Crippen molar-refractivity contribution in [3.63, 3.8) is 0 Å². The van der Waals surface area contributed by atoms with Crippen LogP contribution in [0.5, 0.6) is 5.75 Å². The van der Waals surface area contributed by atoms with Gasteiger partial charge >= 0.3 is 0 Å². The smallest absolute Gasteiger partial charge is 0.255 e. The normalized spacial score (nSPS) is 13.1. The number of carbonyl (C=O) groups is 1. The van der Waals surface area contributed by atoms with Crippen LogP contribution in [0.15, 0.2) is 41.1 Å². The number of nitrogens with one attached hydrogen (secondary N) is 3. The standard InChI is InChI=1S/C19H16BrClN4O2/c1-27-18-12(21)3-2-4-14(18)25-17-15-13(6-8-23-19(15)26)24-16(17)10-5-7-22-9-11(10)20/h2-5,7,9,24-25H,6,8H2,1H3,(H,23,26). The number of para-hydroxylation sites is 1. The third-order valence-corrected chi connectivity index (χ3v) is 5.37.